The Balaban J connectivity index is 1.48. The van der Waals surface area contributed by atoms with Gasteiger partial charge in [0, 0.05) is 41.2 Å². The van der Waals surface area contributed by atoms with Crippen molar-refractivity contribution < 1.29 is 19.8 Å². The number of rotatable bonds is 7. The zero-order valence-electron chi connectivity index (χ0n) is 25.3. The summed E-state index contributed by atoms with van der Waals surface area (Å²) in [5.41, 5.74) is -1.12. The first-order chi connectivity index (χ1) is 17.7. The van der Waals surface area contributed by atoms with E-state index >= 15 is 0 Å². The molecule has 1 unspecified atom stereocenters. The maximum Gasteiger partial charge on any atom is 0.223 e. The second-order valence-electron chi connectivity index (χ2n) is 15.2. The van der Waals surface area contributed by atoms with Gasteiger partial charge in [0.05, 0.1) is 12.7 Å². The van der Waals surface area contributed by atoms with E-state index in [2.05, 4.69) is 65.9 Å². The molecule has 216 valence electrons. The Kier molecular flexibility index (Phi) is 6.77. The van der Waals surface area contributed by atoms with E-state index in [1.54, 1.807) is 0 Å². The minimum Gasteiger partial charge on any atom is -0.396 e. The average molecular weight is 531 g/mol. The first kappa shape index (κ1) is 28.5. The van der Waals surface area contributed by atoms with Crippen LogP contribution < -0.4 is 5.32 Å². The molecule has 0 saturated heterocycles. The van der Waals surface area contributed by atoms with Gasteiger partial charge in [-0.05, 0) is 100 Å². The number of nitrogens with one attached hydrogen (secondary N) is 1. The molecule has 0 aromatic heterocycles. The molecule has 3 N–H and O–H groups in total. The number of carbonyl (C=O) groups excluding carboxylic acids is 2. The third-order valence-corrected chi connectivity index (χ3v) is 14.1. The molecule has 0 aromatic carbocycles. The molecule has 5 saturated carbocycles. The van der Waals surface area contributed by atoms with Gasteiger partial charge in [-0.25, -0.2) is 0 Å². The largest absolute Gasteiger partial charge is 0.396 e. The summed E-state index contributed by atoms with van der Waals surface area (Å²) in [5.74, 6) is 1.16. The van der Waals surface area contributed by atoms with Crippen molar-refractivity contribution in [2.24, 2.45) is 50.7 Å². The Morgan fingerprint density at radius 1 is 1.08 bits per heavy atom. The lowest BCUT2D eigenvalue weighted by Gasteiger charge is -2.63. The predicted octanol–water partition coefficient (Wildman–Crippen LogP) is 4.42. The van der Waals surface area contributed by atoms with Gasteiger partial charge in [0.25, 0.3) is 0 Å². The lowest BCUT2D eigenvalue weighted by Crippen LogP contribution is -2.64. The molecular weight excluding hydrogens is 476 g/mol. The fraction of sp³-hybridized carbons (Fsp3) is 0.938. The van der Waals surface area contributed by atoms with Gasteiger partial charge in [0.15, 0.2) is 0 Å². The lowest BCUT2D eigenvalue weighted by atomic mass is 9.41. The van der Waals surface area contributed by atoms with Gasteiger partial charge in [0.1, 0.15) is 5.78 Å². The Morgan fingerprint density at radius 3 is 2.29 bits per heavy atom. The van der Waals surface area contributed by atoms with E-state index in [1.807, 2.05) is 0 Å². The Hall–Kier alpha value is -0.980. The van der Waals surface area contributed by atoms with Crippen molar-refractivity contribution in [3.63, 3.8) is 0 Å². The SMILES string of the molecule is CCC(CC)C(=O)N[C@H]1CCC23C[C@]24C(=O)C[C@]2(C)[C@@H]([C@H](C)N(C)C)[C@H](O)C[C@@]2(C)[C@@H]4CC[C@H]3[C@]1(C)CO. The monoisotopic (exact) mass is 530 g/mol. The number of fused-ring (bicyclic) bond motifs is 2. The number of aliphatic hydroxyl groups is 2. The van der Waals surface area contributed by atoms with Crippen LogP contribution in [-0.4, -0.2) is 65.7 Å². The van der Waals surface area contributed by atoms with Crippen molar-refractivity contribution >= 4 is 11.7 Å². The molecule has 5 aliphatic rings. The molecule has 6 nitrogen and oxygen atoms in total. The molecule has 5 fully saturated rings. The van der Waals surface area contributed by atoms with Gasteiger partial charge < -0.3 is 20.4 Å². The van der Waals surface area contributed by atoms with Crippen molar-refractivity contribution in [2.75, 3.05) is 20.7 Å². The van der Waals surface area contributed by atoms with Gasteiger partial charge in [0.2, 0.25) is 5.91 Å². The van der Waals surface area contributed by atoms with Crippen LogP contribution in [0.25, 0.3) is 0 Å². The molecular formula is C32H54N2O4. The van der Waals surface area contributed by atoms with Crippen LogP contribution in [0.2, 0.25) is 0 Å². The first-order valence-electron chi connectivity index (χ1n) is 15.5. The van der Waals surface area contributed by atoms with Gasteiger partial charge in [-0.2, -0.15) is 0 Å². The standard InChI is InChI=1S/C32H54N2O4/c1-9-20(10-2)27(38)33-24-13-14-31-17-32(31)23(12-11-22(31)28(24,4)18-35)29(5)15-21(36)26(19(3)34(7)8)30(29,6)16-25(32)37/h19-24,26,35-36H,9-18H2,1-8H3,(H,33,38)/t19-,21+,22-,23-,24-,26-,28-,29-,30+,31?,32-/m0/s1. The van der Waals surface area contributed by atoms with Crippen molar-refractivity contribution in [3.8, 4) is 0 Å². The molecule has 6 heteroatoms. The fourth-order valence-corrected chi connectivity index (χ4v) is 11.6. The van der Waals surface area contributed by atoms with Crippen molar-refractivity contribution in [1.29, 1.82) is 0 Å². The molecule has 1 amide bonds. The van der Waals surface area contributed by atoms with E-state index < -0.39 is 11.5 Å². The molecule has 2 spiro atoms. The van der Waals surface area contributed by atoms with Crippen LogP contribution in [0.15, 0.2) is 0 Å². The number of carbonyl (C=O) groups is 2. The summed E-state index contributed by atoms with van der Waals surface area (Å²) in [6, 6.07) is 0.151. The number of amides is 1. The normalized spacial score (nSPS) is 50.2. The minimum atomic E-state index is -0.423. The van der Waals surface area contributed by atoms with Crippen molar-refractivity contribution in [3.05, 3.63) is 0 Å². The highest BCUT2D eigenvalue weighted by atomic mass is 16.3. The van der Waals surface area contributed by atoms with E-state index in [4.69, 9.17) is 0 Å². The van der Waals surface area contributed by atoms with Gasteiger partial charge in [-0.3, -0.25) is 9.59 Å². The van der Waals surface area contributed by atoms with Crippen molar-refractivity contribution in [2.45, 2.75) is 118 Å². The summed E-state index contributed by atoms with van der Waals surface area (Å²) in [6.45, 7) is 13.3. The quantitative estimate of drug-likeness (QED) is 0.453. The second-order valence-corrected chi connectivity index (χ2v) is 15.2. The summed E-state index contributed by atoms with van der Waals surface area (Å²) < 4.78 is 0. The number of hydrogen-bond donors (Lipinski definition) is 3. The van der Waals surface area contributed by atoms with Crippen LogP contribution >= 0.6 is 0 Å². The number of ketones is 1. The maximum atomic E-state index is 14.5. The molecule has 0 bridgehead atoms. The van der Waals surface area contributed by atoms with Crippen molar-refractivity contribution in [1.82, 2.24) is 10.2 Å². The smallest absolute Gasteiger partial charge is 0.223 e. The highest BCUT2D eigenvalue weighted by molar-refractivity contribution is 5.92. The van der Waals surface area contributed by atoms with Gasteiger partial charge in [-0.15, -0.1) is 0 Å². The highest BCUT2D eigenvalue weighted by Gasteiger charge is 2.86. The summed E-state index contributed by atoms with van der Waals surface area (Å²) in [6.07, 6.45) is 7.28. The Bertz CT molecular complexity index is 981. The average Bonchev–Trinajstić information content (AvgIpc) is 3.50. The molecule has 5 aliphatic carbocycles. The Labute approximate surface area is 230 Å². The minimum absolute atomic E-state index is 0.0145. The summed E-state index contributed by atoms with van der Waals surface area (Å²) >= 11 is 0. The third-order valence-electron chi connectivity index (χ3n) is 14.1. The molecule has 0 aliphatic heterocycles. The van der Waals surface area contributed by atoms with E-state index in [0.29, 0.717) is 12.2 Å². The van der Waals surface area contributed by atoms with Crippen LogP contribution in [0, 0.1) is 50.7 Å². The topological polar surface area (TPSA) is 89.9 Å². The van der Waals surface area contributed by atoms with E-state index in [0.717, 1.165) is 51.4 Å². The lowest BCUT2D eigenvalue weighted by molar-refractivity contribution is -0.173. The van der Waals surface area contributed by atoms with Crippen LogP contribution in [0.4, 0.5) is 0 Å². The van der Waals surface area contributed by atoms with E-state index in [-0.39, 0.29) is 69.9 Å². The van der Waals surface area contributed by atoms with E-state index in [9.17, 15) is 19.8 Å². The van der Waals surface area contributed by atoms with Crippen LogP contribution in [0.3, 0.4) is 0 Å². The number of hydrogen-bond acceptors (Lipinski definition) is 5. The molecule has 0 aromatic rings. The van der Waals surface area contributed by atoms with Crippen LogP contribution in [-0.2, 0) is 9.59 Å². The number of nitrogens with zero attached hydrogens (tertiary/aromatic N) is 1. The number of aliphatic hydroxyl groups excluding tert-OH is 2. The second kappa shape index (κ2) is 9.01. The van der Waals surface area contributed by atoms with Crippen LogP contribution in [0.5, 0.6) is 0 Å². The molecule has 0 heterocycles. The zero-order chi connectivity index (χ0) is 28.1. The summed E-state index contributed by atoms with van der Waals surface area (Å²) in [7, 11) is 4.17. The maximum absolute atomic E-state index is 14.5. The Morgan fingerprint density at radius 2 is 1.71 bits per heavy atom. The molecule has 5 rings (SSSR count). The first-order valence-corrected chi connectivity index (χ1v) is 15.5. The fourth-order valence-electron chi connectivity index (χ4n) is 11.6. The van der Waals surface area contributed by atoms with E-state index in [1.165, 1.54) is 0 Å². The summed E-state index contributed by atoms with van der Waals surface area (Å²) in [5, 5.41) is 25.7. The highest BCUT2D eigenvalue weighted by Crippen LogP contribution is 2.87. The van der Waals surface area contributed by atoms with Crippen LogP contribution in [0.1, 0.15) is 99.3 Å². The molecule has 38 heavy (non-hydrogen) atoms. The predicted molar refractivity (Wildman–Crippen MR) is 149 cm³/mol. The molecule has 11 atom stereocenters. The summed E-state index contributed by atoms with van der Waals surface area (Å²) in [4.78, 5) is 29.8. The zero-order valence-corrected chi connectivity index (χ0v) is 25.3. The molecule has 0 radical (unpaired) electrons. The van der Waals surface area contributed by atoms with Gasteiger partial charge in [-0.1, -0.05) is 34.6 Å². The van der Waals surface area contributed by atoms with Gasteiger partial charge >= 0.3 is 0 Å². The number of Topliss-reactive ketones (excluding diaryl/α,β-unsaturated/α-hetero) is 1. The third kappa shape index (κ3) is 3.29.